The summed E-state index contributed by atoms with van der Waals surface area (Å²) < 4.78 is 17.9. The van der Waals surface area contributed by atoms with Gasteiger partial charge >= 0.3 is 0 Å². The van der Waals surface area contributed by atoms with E-state index in [2.05, 4.69) is 15.5 Å². The molecule has 0 fully saturated rings. The highest BCUT2D eigenvalue weighted by molar-refractivity contribution is 5.91. The number of nitrogens with one attached hydrogen (secondary N) is 2. The van der Waals surface area contributed by atoms with Crippen molar-refractivity contribution in [1.82, 2.24) is 10.2 Å². The lowest BCUT2D eigenvalue weighted by molar-refractivity contribution is -0.118. The Hall–Kier alpha value is -2.37. The summed E-state index contributed by atoms with van der Waals surface area (Å²) in [5, 5.41) is 9.37. The van der Waals surface area contributed by atoms with E-state index in [0.717, 1.165) is 11.3 Å². The molecule has 1 amide bonds. The number of carbonyl (C=O) groups excluding carboxylic acids is 1. The molecule has 0 saturated carbocycles. The zero-order valence-corrected chi connectivity index (χ0v) is 10.7. The van der Waals surface area contributed by atoms with E-state index >= 15 is 0 Å². The molecular formula is C13H14FN3O2. The second-order valence-corrected chi connectivity index (χ2v) is 4.11. The molecule has 5 nitrogen and oxygen atoms in total. The van der Waals surface area contributed by atoms with Gasteiger partial charge in [-0.05, 0) is 38.1 Å². The summed E-state index contributed by atoms with van der Waals surface area (Å²) in [4.78, 5) is 11.7. The number of halogens is 1. The molecule has 1 heterocycles. The fourth-order valence-corrected chi connectivity index (χ4v) is 1.45. The van der Waals surface area contributed by atoms with Gasteiger partial charge in [-0.25, -0.2) is 4.39 Å². The lowest BCUT2D eigenvalue weighted by Crippen LogP contribution is -2.20. The number of carbonyl (C=O) groups is 1. The highest BCUT2D eigenvalue weighted by Crippen LogP contribution is 2.14. The summed E-state index contributed by atoms with van der Waals surface area (Å²) in [6.07, 6.45) is 0. The van der Waals surface area contributed by atoms with Crippen LogP contribution in [0.15, 0.2) is 24.3 Å². The van der Waals surface area contributed by atoms with E-state index in [0.29, 0.717) is 11.6 Å². The summed E-state index contributed by atoms with van der Waals surface area (Å²) in [5.41, 5.74) is 1.78. The predicted octanol–water partition coefficient (Wildman–Crippen LogP) is 2.18. The zero-order chi connectivity index (χ0) is 13.8. The lowest BCUT2D eigenvalue weighted by atomic mass is 10.3. The zero-order valence-electron chi connectivity index (χ0n) is 10.7. The van der Waals surface area contributed by atoms with Crippen LogP contribution < -0.4 is 10.1 Å². The number of amides is 1. The standard InChI is InChI=1S/C13H14FN3O2/c1-8-9(2)16-17-13(8)15-12(18)7-19-11-5-3-10(14)4-6-11/h3-6H,7H2,1-2H3,(H2,15,16,17,18). The smallest absolute Gasteiger partial charge is 0.263 e. The summed E-state index contributed by atoms with van der Waals surface area (Å²) in [6.45, 7) is 3.57. The Balaban J connectivity index is 1.88. The molecule has 2 aromatic rings. The molecule has 100 valence electrons. The van der Waals surface area contributed by atoms with Crippen molar-refractivity contribution in [2.24, 2.45) is 0 Å². The van der Waals surface area contributed by atoms with Crippen molar-refractivity contribution < 1.29 is 13.9 Å². The van der Waals surface area contributed by atoms with Crippen LogP contribution in [0.2, 0.25) is 0 Å². The number of aromatic nitrogens is 2. The van der Waals surface area contributed by atoms with Crippen molar-refractivity contribution in [3.8, 4) is 5.75 Å². The third-order valence-electron chi connectivity index (χ3n) is 2.69. The van der Waals surface area contributed by atoms with Crippen LogP contribution in [0.25, 0.3) is 0 Å². The van der Waals surface area contributed by atoms with Gasteiger partial charge < -0.3 is 10.1 Å². The van der Waals surface area contributed by atoms with Gasteiger partial charge in [-0.15, -0.1) is 0 Å². The van der Waals surface area contributed by atoms with Gasteiger partial charge in [0.2, 0.25) is 0 Å². The first kappa shape index (κ1) is 13.1. The number of benzene rings is 1. The van der Waals surface area contributed by atoms with Gasteiger partial charge in [0.15, 0.2) is 12.4 Å². The maximum atomic E-state index is 12.7. The van der Waals surface area contributed by atoms with Gasteiger partial charge in [-0.1, -0.05) is 0 Å². The molecule has 0 atom stereocenters. The van der Waals surface area contributed by atoms with Crippen LogP contribution in [0, 0.1) is 19.7 Å². The molecule has 0 bridgehead atoms. The molecule has 0 aliphatic carbocycles. The number of hydrogen-bond donors (Lipinski definition) is 2. The molecule has 0 aliphatic rings. The number of H-pyrrole nitrogens is 1. The first-order valence-electron chi connectivity index (χ1n) is 5.76. The van der Waals surface area contributed by atoms with Crippen molar-refractivity contribution in [2.45, 2.75) is 13.8 Å². The van der Waals surface area contributed by atoms with Gasteiger partial charge in [-0.2, -0.15) is 5.10 Å². The Morgan fingerprint density at radius 2 is 2.05 bits per heavy atom. The second-order valence-electron chi connectivity index (χ2n) is 4.11. The Morgan fingerprint density at radius 3 is 2.63 bits per heavy atom. The molecule has 2 rings (SSSR count). The van der Waals surface area contributed by atoms with E-state index in [4.69, 9.17) is 4.74 Å². The number of aromatic amines is 1. The Morgan fingerprint density at radius 1 is 1.37 bits per heavy atom. The first-order valence-corrected chi connectivity index (χ1v) is 5.76. The second kappa shape index (κ2) is 5.51. The SMILES string of the molecule is Cc1[nH]nc(NC(=O)COc2ccc(F)cc2)c1C. The van der Waals surface area contributed by atoms with E-state index in [-0.39, 0.29) is 18.3 Å². The number of rotatable bonds is 4. The number of nitrogens with zero attached hydrogens (tertiary/aromatic N) is 1. The Labute approximate surface area is 109 Å². The fourth-order valence-electron chi connectivity index (χ4n) is 1.45. The minimum atomic E-state index is -0.348. The quantitative estimate of drug-likeness (QED) is 0.888. The Bertz CT molecular complexity index is 578. The number of anilines is 1. The maximum absolute atomic E-state index is 12.7. The molecule has 0 saturated heterocycles. The number of ether oxygens (including phenoxy) is 1. The van der Waals surface area contributed by atoms with Crippen molar-refractivity contribution in [1.29, 1.82) is 0 Å². The molecule has 1 aromatic carbocycles. The highest BCUT2D eigenvalue weighted by atomic mass is 19.1. The van der Waals surface area contributed by atoms with Crippen LogP contribution in [0.1, 0.15) is 11.3 Å². The lowest BCUT2D eigenvalue weighted by Gasteiger charge is -2.06. The van der Waals surface area contributed by atoms with Gasteiger partial charge in [0.05, 0.1) is 0 Å². The van der Waals surface area contributed by atoms with E-state index in [1.54, 1.807) is 0 Å². The van der Waals surface area contributed by atoms with Crippen molar-refractivity contribution in [3.05, 3.63) is 41.3 Å². The normalized spacial score (nSPS) is 10.3. The number of hydrogen-bond acceptors (Lipinski definition) is 3. The van der Waals surface area contributed by atoms with E-state index in [1.807, 2.05) is 13.8 Å². The fraction of sp³-hybridized carbons (Fsp3) is 0.231. The third-order valence-corrected chi connectivity index (χ3v) is 2.69. The topological polar surface area (TPSA) is 67.0 Å². The van der Waals surface area contributed by atoms with Crippen molar-refractivity contribution in [3.63, 3.8) is 0 Å². The van der Waals surface area contributed by atoms with Crippen LogP contribution >= 0.6 is 0 Å². The third kappa shape index (κ3) is 3.31. The maximum Gasteiger partial charge on any atom is 0.263 e. The van der Waals surface area contributed by atoms with Crippen LogP contribution in [-0.4, -0.2) is 22.7 Å². The molecule has 0 unspecified atom stereocenters. The number of aryl methyl sites for hydroxylation is 1. The summed E-state index contributed by atoms with van der Waals surface area (Å²) in [6, 6.07) is 5.47. The van der Waals surface area contributed by atoms with Gasteiger partial charge in [0.1, 0.15) is 11.6 Å². The van der Waals surface area contributed by atoms with Gasteiger partial charge in [0, 0.05) is 11.3 Å². The predicted molar refractivity (Wildman–Crippen MR) is 68.6 cm³/mol. The van der Waals surface area contributed by atoms with E-state index in [9.17, 15) is 9.18 Å². The van der Waals surface area contributed by atoms with Crippen LogP contribution in [0.5, 0.6) is 5.75 Å². The molecule has 1 aromatic heterocycles. The molecule has 0 aliphatic heterocycles. The molecular weight excluding hydrogens is 249 g/mol. The van der Waals surface area contributed by atoms with Crippen LogP contribution in [-0.2, 0) is 4.79 Å². The molecule has 19 heavy (non-hydrogen) atoms. The first-order chi connectivity index (χ1) is 9.06. The summed E-state index contributed by atoms with van der Waals surface area (Å²) in [7, 11) is 0. The van der Waals surface area contributed by atoms with E-state index in [1.165, 1.54) is 24.3 Å². The van der Waals surface area contributed by atoms with Crippen molar-refractivity contribution in [2.75, 3.05) is 11.9 Å². The molecule has 2 N–H and O–H groups in total. The van der Waals surface area contributed by atoms with Crippen LogP contribution in [0.3, 0.4) is 0 Å². The summed E-state index contributed by atoms with van der Waals surface area (Å²) in [5.74, 6) is 0.259. The monoisotopic (exact) mass is 263 g/mol. The van der Waals surface area contributed by atoms with Gasteiger partial charge in [0.25, 0.3) is 5.91 Å². The highest BCUT2D eigenvalue weighted by Gasteiger charge is 2.09. The van der Waals surface area contributed by atoms with Crippen LogP contribution in [0.4, 0.5) is 10.2 Å². The van der Waals surface area contributed by atoms with Crippen molar-refractivity contribution >= 4 is 11.7 Å². The molecule has 6 heteroatoms. The molecule has 0 radical (unpaired) electrons. The van der Waals surface area contributed by atoms with Gasteiger partial charge in [-0.3, -0.25) is 9.89 Å². The largest absolute Gasteiger partial charge is 0.484 e. The minimum Gasteiger partial charge on any atom is -0.484 e. The summed E-state index contributed by atoms with van der Waals surface area (Å²) >= 11 is 0. The molecule has 0 spiro atoms. The average Bonchev–Trinajstić information content (AvgIpc) is 2.70. The van der Waals surface area contributed by atoms with E-state index < -0.39 is 0 Å². The Kier molecular flexibility index (Phi) is 3.79. The average molecular weight is 263 g/mol. The minimum absolute atomic E-state index is 0.156.